The number of hydrogen-bond donors (Lipinski definition) is 0. The molecule has 0 fully saturated rings. The first-order valence-electron chi connectivity index (χ1n) is 5.63. The normalized spacial score (nSPS) is 15.4. The third-order valence-electron chi connectivity index (χ3n) is 2.85. The topological polar surface area (TPSA) is 60.4 Å². The predicted molar refractivity (Wildman–Crippen MR) is 70.0 cm³/mol. The molecule has 19 heavy (non-hydrogen) atoms. The number of halogens is 2. The van der Waals surface area contributed by atoms with Crippen LogP contribution in [0.4, 0.5) is 4.79 Å². The first kappa shape index (κ1) is 13.9. The molecule has 1 amide bonds. The first-order valence-corrected chi connectivity index (χ1v) is 6.39. The van der Waals surface area contributed by atoms with Crippen LogP contribution in [-0.4, -0.2) is 23.3 Å². The van der Waals surface area contributed by atoms with E-state index in [1.54, 1.807) is 18.2 Å². The van der Waals surface area contributed by atoms with Gasteiger partial charge in [0.1, 0.15) is 6.09 Å². The van der Waals surface area contributed by atoms with E-state index in [2.05, 4.69) is 0 Å². The summed E-state index contributed by atoms with van der Waals surface area (Å²) in [5.74, 6) is -0.0902. The van der Waals surface area contributed by atoms with E-state index in [0.29, 0.717) is 15.7 Å². The van der Waals surface area contributed by atoms with Crippen LogP contribution in [0, 0.1) is 0 Å². The van der Waals surface area contributed by atoms with Crippen LogP contribution >= 0.6 is 23.2 Å². The molecule has 0 aliphatic carbocycles. The molecule has 4 nitrogen and oxygen atoms in total. The highest BCUT2D eigenvalue weighted by atomic mass is 35.5. The van der Waals surface area contributed by atoms with Crippen LogP contribution in [0.15, 0.2) is 30.0 Å². The molecular formula is C13H10Cl2NO3-. The van der Waals surface area contributed by atoms with Crippen LogP contribution in [0.25, 0.3) is 0 Å². The molecule has 1 aliphatic heterocycles. The number of rotatable bonds is 2. The van der Waals surface area contributed by atoms with Gasteiger partial charge in [0, 0.05) is 31.2 Å². The molecule has 0 spiro atoms. The summed E-state index contributed by atoms with van der Waals surface area (Å²) in [6, 6.07) is 5.02. The SMILES string of the molecule is O=C1C=C(Cc2ccc(Cl)c(Cl)c2)N(C(=O)[O-])CC1. The van der Waals surface area contributed by atoms with Crippen molar-refractivity contribution >= 4 is 35.1 Å². The summed E-state index contributed by atoms with van der Waals surface area (Å²) < 4.78 is 0. The van der Waals surface area contributed by atoms with Gasteiger partial charge < -0.3 is 14.8 Å². The van der Waals surface area contributed by atoms with Gasteiger partial charge >= 0.3 is 0 Å². The average molecular weight is 299 g/mol. The molecule has 0 radical (unpaired) electrons. The Morgan fingerprint density at radius 1 is 1.32 bits per heavy atom. The molecule has 2 rings (SSSR count). The molecule has 100 valence electrons. The molecule has 1 heterocycles. The maximum absolute atomic E-state index is 11.4. The summed E-state index contributed by atoms with van der Waals surface area (Å²) in [6.45, 7) is 0.133. The van der Waals surface area contributed by atoms with Crippen molar-refractivity contribution in [3.63, 3.8) is 0 Å². The second-order valence-corrected chi connectivity index (χ2v) is 5.01. The van der Waals surface area contributed by atoms with E-state index in [4.69, 9.17) is 23.2 Å². The summed E-state index contributed by atoms with van der Waals surface area (Å²) in [7, 11) is 0. The molecule has 1 aromatic carbocycles. The van der Waals surface area contributed by atoms with Crippen LogP contribution in [0.2, 0.25) is 10.0 Å². The van der Waals surface area contributed by atoms with Gasteiger partial charge in [0.25, 0.3) is 0 Å². The van der Waals surface area contributed by atoms with Crippen molar-refractivity contribution in [2.75, 3.05) is 6.54 Å². The van der Waals surface area contributed by atoms with Crippen molar-refractivity contribution < 1.29 is 14.7 Å². The predicted octanol–water partition coefficient (Wildman–Crippen LogP) is 2.04. The Balaban J connectivity index is 2.26. The molecule has 1 aliphatic rings. The van der Waals surface area contributed by atoms with Crippen molar-refractivity contribution in [2.24, 2.45) is 0 Å². The van der Waals surface area contributed by atoms with E-state index in [1.165, 1.54) is 6.08 Å². The maximum Gasteiger partial charge on any atom is 0.159 e. The molecule has 1 aromatic rings. The fourth-order valence-electron chi connectivity index (χ4n) is 1.92. The van der Waals surface area contributed by atoms with Crippen molar-refractivity contribution in [2.45, 2.75) is 12.8 Å². The minimum absolute atomic E-state index is 0.0902. The zero-order chi connectivity index (χ0) is 14.0. The van der Waals surface area contributed by atoms with Gasteiger partial charge in [-0.3, -0.25) is 4.79 Å². The van der Waals surface area contributed by atoms with Gasteiger partial charge in [0.2, 0.25) is 0 Å². The molecule has 0 saturated carbocycles. The Kier molecular flexibility index (Phi) is 4.12. The number of carboxylic acid groups (broad SMARTS) is 1. The second-order valence-electron chi connectivity index (χ2n) is 4.19. The number of ketones is 1. The molecule has 0 N–H and O–H groups in total. The number of allylic oxidation sites excluding steroid dienone is 2. The second kappa shape index (κ2) is 5.63. The first-order chi connectivity index (χ1) is 8.97. The number of benzene rings is 1. The van der Waals surface area contributed by atoms with Crippen LogP contribution < -0.4 is 5.11 Å². The van der Waals surface area contributed by atoms with Crippen molar-refractivity contribution in [1.29, 1.82) is 0 Å². The van der Waals surface area contributed by atoms with Crippen molar-refractivity contribution in [1.82, 2.24) is 4.90 Å². The standard InChI is InChI=1S/C13H11Cl2NO3/c14-11-2-1-8(6-12(11)15)5-9-7-10(17)3-4-16(9)13(18)19/h1-2,6-7H,3-5H2,(H,18,19)/p-1. The summed E-state index contributed by atoms with van der Waals surface area (Å²) in [4.78, 5) is 23.5. The van der Waals surface area contributed by atoms with E-state index in [9.17, 15) is 14.7 Å². The van der Waals surface area contributed by atoms with Gasteiger partial charge in [-0.05, 0) is 17.7 Å². The van der Waals surface area contributed by atoms with Crippen LogP contribution in [0.1, 0.15) is 12.0 Å². The van der Waals surface area contributed by atoms with Gasteiger partial charge in [0.05, 0.1) is 10.0 Å². The minimum atomic E-state index is -1.31. The number of amides is 1. The molecule has 0 atom stereocenters. The number of hydrogen-bond acceptors (Lipinski definition) is 3. The fraction of sp³-hybridized carbons (Fsp3) is 0.231. The highest BCUT2D eigenvalue weighted by Gasteiger charge is 2.19. The Labute approximate surface area is 120 Å². The Bertz CT molecular complexity index is 569. The molecule has 0 bridgehead atoms. The summed E-state index contributed by atoms with van der Waals surface area (Å²) >= 11 is 11.7. The van der Waals surface area contributed by atoms with Crippen molar-refractivity contribution in [3.8, 4) is 0 Å². The van der Waals surface area contributed by atoms with E-state index in [1.807, 2.05) is 0 Å². The quantitative estimate of drug-likeness (QED) is 0.839. The lowest BCUT2D eigenvalue weighted by Gasteiger charge is -2.30. The summed E-state index contributed by atoms with van der Waals surface area (Å²) in [6.07, 6.45) is 0.496. The summed E-state index contributed by atoms with van der Waals surface area (Å²) in [5.41, 5.74) is 1.18. The number of carbonyl (C=O) groups excluding carboxylic acids is 2. The Morgan fingerprint density at radius 2 is 2.05 bits per heavy atom. The monoisotopic (exact) mass is 298 g/mol. The van der Waals surface area contributed by atoms with Gasteiger partial charge in [-0.15, -0.1) is 0 Å². The maximum atomic E-state index is 11.4. The molecule has 0 unspecified atom stereocenters. The van der Waals surface area contributed by atoms with E-state index >= 15 is 0 Å². The van der Waals surface area contributed by atoms with Gasteiger partial charge in [-0.25, -0.2) is 0 Å². The van der Waals surface area contributed by atoms with Gasteiger partial charge in [-0.2, -0.15) is 0 Å². The number of nitrogens with zero attached hydrogens (tertiary/aromatic N) is 1. The average Bonchev–Trinajstić information content (AvgIpc) is 2.33. The highest BCUT2D eigenvalue weighted by Crippen LogP contribution is 2.25. The zero-order valence-electron chi connectivity index (χ0n) is 9.86. The zero-order valence-corrected chi connectivity index (χ0v) is 11.4. The number of carbonyl (C=O) groups is 2. The lowest BCUT2D eigenvalue weighted by Crippen LogP contribution is -2.44. The van der Waals surface area contributed by atoms with Crippen molar-refractivity contribution in [3.05, 3.63) is 45.6 Å². The fourth-order valence-corrected chi connectivity index (χ4v) is 2.24. The highest BCUT2D eigenvalue weighted by molar-refractivity contribution is 6.42. The Hall–Kier alpha value is -1.52. The molecule has 6 heteroatoms. The van der Waals surface area contributed by atoms with Crippen LogP contribution in [0.5, 0.6) is 0 Å². The van der Waals surface area contributed by atoms with Gasteiger partial charge in [0.15, 0.2) is 5.78 Å². The van der Waals surface area contributed by atoms with E-state index in [-0.39, 0.29) is 25.2 Å². The largest absolute Gasteiger partial charge is 0.530 e. The minimum Gasteiger partial charge on any atom is -0.530 e. The molecular weight excluding hydrogens is 289 g/mol. The van der Waals surface area contributed by atoms with Gasteiger partial charge in [-0.1, -0.05) is 29.3 Å². The third-order valence-corrected chi connectivity index (χ3v) is 3.58. The molecule has 0 aromatic heterocycles. The van der Waals surface area contributed by atoms with E-state index < -0.39 is 6.09 Å². The summed E-state index contributed by atoms with van der Waals surface area (Å²) in [5, 5.41) is 11.8. The molecule has 0 saturated heterocycles. The van der Waals surface area contributed by atoms with Crippen LogP contribution in [0.3, 0.4) is 0 Å². The smallest absolute Gasteiger partial charge is 0.159 e. The van der Waals surface area contributed by atoms with Crippen LogP contribution in [-0.2, 0) is 11.2 Å². The third kappa shape index (κ3) is 3.28. The lowest BCUT2D eigenvalue weighted by molar-refractivity contribution is -0.263. The lowest BCUT2D eigenvalue weighted by atomic mass is 10.0. The Morgan fingerprint density at radius 3 is 2.68 bits per heavy atom. The van der Waals surface area contributed by atoms with E-state index in [0.717, 1.165) is 10.5 Å².